The van der Waals surface area contributed by atoms with Gasteiger partial charge in [-0.25, -0.2) is 5.01 Å². The summed E-state index contributed by atoms with van der Waals surface area (Å²) in [6.07, 6.45) is 3.19. The number of amides is 1. The van der Waals surface area contributed by atoms with Crippen LogP contribution in [0.5, 0.6) is 0 Å². The van der Waals surface area contributed by atoms with E-state index >= 15 is 0 Å². The fourth-order valence-corrected chi connectivity index (χ4v) is 2.26. The third-order valence-corrected chi connectivity index (χ3v) is 3.37. The molecule has 1 aliphatic rings. The molecule has 0 aromatic carbocycles. The number of hydrogen-bond acceptors (Lipinski definition) is 3. The van der Waals surface area contributed by atoms with Gasteiger partial charge < -0.3 is 5.32 Å². The molecule has 4 heteroatoms. The van der Waals surface area contributed by atoms with Crippen molar-refractivity contribution in [3.63, 3.8) is 0 Å². The maximum atomic E-state index is 11.2. The van der Waals surface area contributed by atoms with Crippen LogP contribution in [0.15, 0.2) is 0 Å². The number of rotatable bonds is 3. The Morgan fingerprint density at radius 3 is 2.67 bits per heavy atom. The van der Waals surface area contributed by atoms with Crippen molar-refractivity contribution in [2.75, 3.05) is 19.6 Å². The zero-order valence-corrected chi connectivity index (χ0v) is 10.1. The molecule has 4 nitrogen and oxygen atoms in total. The average molecular weight is 213 g/mol. The molecule has 0 bridgehead atoms. The van der Waals surface area contributed by atoms with E-state index in [4.69, 9.17) is 0 Å². The Hall–Kier alpha value is -0.610. The lowest BCUT2D eigenvalue weighted by Crippen LogP contribution is -2.59. The van der Waals surface area contributed by atoms with Crippen LogP contribution in [0.25, 0.3) is 0 Å². The van der Waals surface area contributed by atoms with Gasteiger partial charge in [0.2, 0.25) is 5.91 Å². The van der Waals surface area contributed by atoms with Crippen LogP contribution in [-0.4, -0.2) is 36.1 Å². The highest BCUT2D eigenvalue weighted by molar-refractivity contribution is 5.72. The van der Waals surface area contributed by atoms with Crippen LogP contribution in [0.4, 0.5) is 0 Å². The van der Waals surface area contributed by atoms with E-state index in [2.05, 4.69) is 29.6 Å². The molecule has 1 fully saturated rings. The van der Waals surface area contributed by atoms with E-state index in [0.717, 1.165) is 38.9 Å². The number of carbonyl (C=O) groups is 1. The molecule has 1 heterocycles. The number of hydrazine groups is 1. The molecule has 0 radical (unpaired) electrons. The van der Waals surface area contributed by atoms with E-state index in [1.807, 2.05) is 0 Å². The van der Waals surface area contributed by atoms with Gasteiger partial charge in [-0.2, -0.15) is 0 Å². The monoisotopic (exact) mass is 213 g/mol. The van der Waals surface area contributed by atoms with Gasteiger partial charge in [0.05, 0.1) is 5.54 Å². The lowest BCUT2D eigenvalue weighted by molar-refractivity contribution is -0.127. The molecule has 88 valence electrons. The molecule has 0 aromatic heterocycles. The molecule has 15 heavy (non-hydrogen) atoms. The molecule has 1 aliphatic heterocycles. The molecule has 1 amide bonds. The Bertz CT molecular complexity index is 214. The van der Waals surface area contributed by atoms with Gasteiger partial charge in [0, 0.05) is 20.0 Å². The molecule has 0 spiro atoms. The van der Waals surface area contributed by atoms with E-state index in [0.29, 0.717) is 0 Å². The van der Waals surface area contributed by atoms with Crippen LogP contribution in [0, 0.1) is 0 Å². The van der Waals surface area contributed by atoms with Gasteiger partial charge in [0.1, 0.15) is 0 Å². The Labute approximate surface area is 92.4 Å². The van der Waals surface area contributed by atoms with Crippen molar-refractivity contribution in [1.29, 1.82) is 0 Å². The number of carbonyl (C=O) groups excluding carboxylic acids is 1. The highest BCUT2D eigenvalue weighted by Gasteiger charge is 2.35. The van der Waals surface area contributed by atoms with E-state index < -0.39 is 0 Å². The molecule has 0 aliphatic carbocycles. The molecule has 1 rings (SSSR count). The van der Waals surface area contributed by atoms with E-state index in [1.54, 1.807) is 6.92 Å². The molecule has 0 saturated carbocycles. The van der Waals surface area contributed by atoms with Crippen LogP contribution in [0.1, 0.15) is 40.0 Å². The minimum Gasteiger partial charge on any atom is -0.315 e. The van der Waals surface area contributed by atoms with E-state index in [-0.39, 0.29) is 11.4 Å². The molecule has 0 unspecified atom stereocenters. The van der Waals surface area contributed by atoms with Gasteiger partial charge in [-0.3, -0.25) is 10.2 Å². The second kappa shape index (κ2) is 5.47. The largest absolute Gasteiger partial charge is 0.315 e. The molecular formula is C11H23N3O. The predicted octanol–water partition coefficient (Wildman–Crippen LogP) is 0.892. The number of hydrogen-bond donors (Lipinski definition) is 2. The zero-order chi connectivity index (χ0) is 11.3. The highest BCUT2D eigenvalue weighted by Crippen LogP contribution is 2.23. The van der Waals surface area contributed by atoms with Gasteiger partial charge in [-0.1, -0.05) is 13.8 Å². The minimum atomic E-state index is 0.0307. The van der Waals surface area contributed by atoms with Crippen molar-refractivity contribution < 1.29 is 4.79 Å². The topological polar surface area (TPSA) is 44.4 Å². The standard InChI is InChI=1S/C11H23N3O/c1-4-11(5-2)9-12-7-6-8-14(11)13-10(3)15/h12H,4-9H2,1-3H3,(H,13,15). The van der Waals surface area contributed by atoms with Crippen LogP contribution >= 0.6 is 0 Å². The Kier molecular flexibility index (Phi) is 4.54. The van der Waals surface area contributed by atoms with E-state index in [9.17, 15) is 4.79 Å². The lowest BCUT2D eigenvalue weighted by Gasteiger charge is -2.41. The first-order valence-corrected chi connectivity index (χ1v) is 5.90. The van der Waals surface area contributed by atoms with Crippen LogP contribution in [-0.2, 0) is 4.79 Å². The van der Waals surface area contributed by atoms with Gasteiger partial charge >= 0.3 is 0 Å². The van der Waals surface area contributed by atoms with Crippen molar-refractivity contribution in [2.45, 2.75) is 45.6 Å². The summed E-state index contributed by atoms with van der Waals surface area (Å²) in [5, 5.41) is 5.58. The zero-order valence-electron chi connectivity index (χ0n) is 10.1. The second-order valence-corrected chi connectivity index (χ2v) is 4.28. The SMILES string of the molecule is CCC1(CC)CNCCCN1NC(C)=O. The summed E-state index contributed by atoms with van der Waals surface area (Å²) in [7, 11) is 0. The third-order valence-electron chi connectivity index (χ3n) is 3.37. The van der Waals surface area contributed by atoms with Crippen LogP contribution in [0.2, 0.25) is 0 Å². The second-order valence-electron chi connectivity index (χ2n) is 4.28. The Balaban J connectivity index is 2.78. The summed E-state index contributed by atoms with van der Waals surface area (Å²) >= 11 is 0. The Morgan fingerprint density at radius 1 is 1.47 bits per heavy atom. The first-order chi connectivity index (χ1) is 7.14. The highest BCUT2D eigenvalue weighted by atomic mass is 16.2. The van der Waals surface area contributed by atoms with Crippen molar-refractivity contribution in [3.8, 4) is 0 Å². The quantitative estimate of drug-likeness (QED) is 0.732. The van der Waals surface area contributed by atoms with Crippen molar-refractivity contribution in [2.24, 2.45) is 0 Å². The van der Waals surface area contributed by atoms with Crippen molar-refractivity contribution >= 4 is 5.91 Å². The van der Waals surface area contributed by atoms with Crippen molar-refractivity contribution in [1.82, 2.24) is 15.8 Å². The summed E-state index contributed by atoms with van der Waals surface area (Å²) in [5.74, 6) is 0.0307. The first-order valence-electron chi connectivity index (χ1n) is 5.90. The fraction of sp³-hybridized carbons (Fsp3) is 0.909. The molecule has 0 atom stereocenters. The van der Waals surface area contributed by atoms with Crippen LogP contribution in [0.3, 0.4) is 0 Å². The van der Waals surface area contributed by atoms with E-state index in [1.165, 1.54) is 0 Å². The lowest BCUT2D eigenvalue weighted by atomic mass is 9.92. The molecule has 1 saturated heterocycles. The summed E-state index contributed by atoms with van der Waals surface area (Å²) < 4.78 is 0. The van der Waals surface area contributed by atoms with Gasteiger partial charge in [0.15, 0.2) is 0 Å². The summed E-state index contributed by atoms with van der Waals surface area (Å²) in [6, 6.07) is 0. The van der Waals surface area contributed by atoms with Crippen LogP contribution < -0.4 is 10.7 Å². The summed E-state index contributed by atoms with van der Waals surface area (Å²) in [6.45, 7) is 8.89. The summed E-state index contributed by atoms with van der Waals surface area (Å²) in [4.78, 5) is 11.2. The molecule has 0 aromatic rings. The molecule has 2 N–H and O–H groups in total. The maximum absolute atomic E-state index is 11.2. The number of nitrogens with zero attached hydrogens (tertiary/aromatic N) is 1. The maximum Gasteiger partial charge on any atom is 0.231 e. The smallest absolute Gasteiger partial charge is 0.231 e. The van der Waals surface area contributed by atoms with Crippen molar-refractivity contribution in [3.05, 3.63) is 0 Å². The van der Waals surface area contributed by atoms with Gasteiger partial charge in [-0.05, 0) is 25.8 Å². The number of nitrogens with one attached hydrogen (secondary N) is 2. The van der Waals surface area contributed by atoms with Gasteiger partial charge in [0.25, 0.3) is 0 Å². The first kappa shape index (κ1) is 12.5. The fourth-order valence-electron chi connectivity index (χ4n) is 2.26. The predicted molar refractivity (Wildman–Crippen MR) is 61.3 cm³/mol. The van der Waals surface area contributed by atoms with Gasteiger partial charge in [-0.15, -0.1) is 0 Å². The Morgan fingerprint density at radius 2 is 2.13 bits per heavy atom. The minimum absolute atomic E-state index is 0.0307. The molecular weight excluding hydrogens is 190 g/mol. The normalized spacial score (nSPS) is 22.1. The average Bonchev–Trinajstić information content (AvgIpc) is 2.40. The third kappa shape index (κ3) is 2.92. The summed E-state index contributed by atoms with van der Waals surface area (Å²) in [5.41, 5.74) is 3.05.